The largest absolute Gasteiger partial charge is 0.322 e. The van der Waals surface area contributed by atoms with Crippen molar-refractivity contribution in [2.24, 2.45) is 0 Å². The predicted molar refractivity (Wildman–Crippen MR) is 79.2 cm³/mol. The van der Waals surface area contributed by atoms with Crippen LogP contribution in [0.4, 0.5) is 18.9 Å². The number of nitrogens with one attached hydrogen (secondary N) is 2. The summed E-state index contributed by atoms with van der Waals surface area (Å²) in [5, 5.41) is 1.96. The molecule has 1 aromatic heterocycles. The number of hydrogen-bond donors (Lipinski definition) is 2. The summed E-state index contributed by atoms with van der Waals surface area (Å²) in [6, 6.07) is 4.47. The summed E-state index contributed by atoms with van der Waals surface area (Å²) in [5.41, 5.74) is -0.583. The van der Waals surface area contributed by atoms with Crippen molar-refractivity contribution < 1.29 is 26.4 Å². The van der Waals surface area contributed by atoms with Crippen LogP contribution in [-0.2, 0) is 14.8 Å². The number of carbonyl (C=O) groups excluding carboxylic acids is 1. The zero-order valence-corrected chi connectivity index (χ0v) is 13.3. The van der Waals surface area contributed by atoms with Crippen LogP contribution in [0, 0.1) is 24.4 Å². The fraction of sp³-hybridized carbons (Fsp3) is 0.154. The minimum Gasteiger partial charge on any atom is -0.322 e. The number of thiophene rings is 1. The Morgan fingerprint density at radius 2 is 1.83 bits per heavy atom. The molecule has 0 aliphatic rings. The van der Waals surface area contributed by atoms with Gasteiger partial charge in [-0.3, -0.25) is 4.79 Å². The average Bonchev–Trinajstić information content (AvgIpc) is 2.93. The normalized spacial score (nSPS) is 11.5. The molecule has 0 spiro atoms. The van der Waals surface area contributed by atoms with Crippen molar-refractivity contribution in [1.29, 1.82) is 0 Å². The lowest BCUT2D eigenvalue weighted by Gasteiger charge is -2.08. The molecular weight excluding hydrogens is 353 g/mol. The van der Waals surface area contributed by atoms with E-state index >= 15 is 0 Å². The zero-order valence-electron chi connectivity index (χ0n) is 11.7. The molecule has 23 heavy (non-hydrogen) atoms. The van der Waals surface area contributed by atoms with Gasteiger partial charge in [0, 0.05) is 4.88 Å². The first-order chi connectivity index (χ1) is 10.7. The van der Waals surface area contributed by atoms with Gasteiger partial charge in [0.1, 0.15) is 4.21 Å². The first kappa shape index (κ1) is 17.4. The van der Waals surface area contributed by atoms with Crippen molar-refractivity contribution >= 4 is 33.0 Å². The number of sulfonamides is 1. The molecule has 0 unspecified atom stereocenters. The summed E-state index contributed by atoms with van der Waals surface area (Å²) >= 11 is 1.02. The van der Waals surface area contributed by atoms with Crippen LogP contribution in [0.15, 0.2) is 28.5 Å². The second-order valence-corrected chi connectivity index (χ2v) is 7.74. The highest BCUT2D eigenvalue weighted by Gasteiger charge is 2.19. The average molecular weight is 364 g/mol. The molecule has 5 nitrogen and oxygen atoms in total. The number of carbonyl (C=O) groups is 1. The van der Waals surface area contributed by atoms with Crippen LogP contribution in [0.25, 0.3) is 0 Å². The maximum atomic E-state index is 13.4. The highest BCUT2D eigenvalue weighted by atomic mass is 32.2. The van der Waals surface area contributed by atoms with Gasteiger partial charge < -0.3 is 5.32 Å². The maximum absolute atomic E-state index is 13.4. The van der Waals surface area contributed by atoms with Crippen molar-refractivity contribution in [3.05, 3.63) is 46.6 Å². The van der Waals surface area contributed by atoms with Gasteiger partial charge in [-0.25, -0.2) is 26.3 Å². The summed E-state index contributed by atoms with van der Waals surface area (Å²) in [6.45, 7) is 1.04. The summed E-state index contributed by atoms with van der Waals surface area (Å²) in [6.07, 6.45) is 0. The van der Waals surface area contributed by atoms with Crippen LogP contribution in [0.1, 0.15) is 4.88 Å². The molecule has 10 heteroatoms. The summed E-state index contributed by atoms with van der Waals surface area (Å²) in [7, 11) is -3.87. The molecule has 0 aliphatic carbocycles. The number of rotatable bonds is 5. The molecular formula is C13H11F3N2O3S2. The van der Waals surface area contributed by atoms with Gasteiger partial charge >= 0.3 is 0 Å². The topological polar surface area (TPSA) is 75.3 Å². The Morgan fingerprint density at radius 1 is 1.13 bits per heavy atom. The van der Waals surface area contributed by atoms with Gasteiger partial charge in [0.15, 0.2) is 17.5 Å². The van der Waals surface area contributed by atoms with E-state index in [0.717, 1.165) is 22.3 Å². The number of amides is 1. The van der Waals surface area contributed by atoms with Crippen LogP contribution < -0.4 is 10.0 Å². The highest BCUT2D eigenvalue weighted by Crippen LogP contribution is 2.21. The Balaban J connectivity index is 2.02. The van der Waals surface area contributed by atoms with Crippen molar-refractivity contribution in [3.8, 4) is 0 Å². The van der Waals surface area contributed by atoms with Gasteiger partial charge in [-0.2, -0.15) is 0 Å². The van der Waals surface area contributed by atoms with Gasteiger partial charge in [0.25, 0.3) is 10.0 Å². The third kappa shape index (κ3) is 4.09. The molecule has 2 rings (SSSR count). The number of hydrogen-bond acceptors (Lipinski definition) is 4. The smallest absolute Gasteiger partial charge is 0.250 e. The molecule has 1 heterocycles. The fourth-order valence-electron chi connectivity index (χ4n) is 1.61. The molecule has 0 saturated carbocycles. The Bertz CT molecular complexity index is 850. The van der Waals surface area contributed by atoms with Crippen molar-refractivity contribution in [3.63, 3.8) is 0 Å². The first-order valence-corrected chi connectivity index (χ1v) is 8.50. The second kappa shape index (κ2) is 6.69. The van der Waals surface area contributed by atoms with Crippen molar-refractivity contribution in [2.75, 3.05) is 11.9 Å². The Kier molecular flexibility index (Phi) is 5.07. The molecule has 0 aliphatic heterocycles. The summed E-state index contributed by atoms with van der Waals surface area (Å²) in [5.74, 6) is -5.60. The van der Waals surface area contributed by atoms with Crippen LogP contribution >= 0.6 is 11.3 Å². The maximum Gasteiger partial charge on any atom is 0.250 e. The van der Waals surface area contributed by atoms with E-state index in [9.17, 15) is 26.4 Å². The van der Waals surface area contributed by atoms with Crippen LogP contribution in [0.2, 0.25) is 0 Å². The van der Waals surface area contributed by atoms with Crippen molar-refractivity contribution in [1.82, 2.24) is 4.72 Å². The molecule has 0 fully saturated rings. The number of halogens is 3. The molecule has 0 saturated heterocycles. The SMILES string of the molecule is Cc1ccc(S(=O)(=O)NCC(=O)Nc2ccc(F)c(F)c2F)s1. The fourth-order valence-corrected chi connectivity index (χ4v) is 3.92. The lowest BCUT2D eigenvalue weighted by molar-refractivity contribution is -0.115. The molecule has 1 aromatic carbocycles. The van der Waals surface area contributed by atoms with Gasteiger partial charge in [-0.15, -0.1) is 11.3 Å². The molecule has 2 aromatic rings. The van der Waals surface area contributed by atoms with Gasteiger partial charge in [0.05, 0.1) is 12.2 Å². The third-order valence-electron chi connectivity index (χ3n) is 2.71. The van der Waals surface area contributed by atoms with E-state index in [-0.39, 0.29) is 4.21 Å². The minimum atomic E-state index is -3.87. The number of aryl methyl sites for hydroxylation is 1. The van der Waals surface area contributed by atoms with Crippen LogP contribution in [0.3, 0.4) is 0 Å². The highest BCUT2D eigenvalue weighted by molar-refractivity contribution is 7.91. The zero-order chi connectivity index (χ0) is 17.2. The van der Waals surface area contributed by atoms with E-state index in [4.69, 9.17) is 0 Å². The summed E-state index contributed by atoms with van der Waals surface area (Å²) in [4.78, 5) is 12.4. The number of benzene rings is 1. The predicted octanol–water partition coefficient (Wildman–Crippen LogP) is 2.39. The van der Waals surface area contributed by atoms with Gasteiger partial charge in [0.2, 0.25) is 5.91 Å². The lowest BCUT2D eigenvalue weighted by Crippen LogP contribution is -2.32. The monoisotopic (exact) mass is 364 g/mol. The molecule has 124 valence electrons. The minimum absolute atomic E-state index is 0.0295. The van der Waals surface area contributed by atoms with Crippen molar-refractivity contribution in [2.45, 2.75) is 11.1 Å². The third-order valence-corrected chi connectivity index (χ3v) is 5.61. The van der Waals surface area contributed by atoms with Crippen LogP contribution in [-0.4, -0.2) is 20.9 Å². The molecule has 0 radical (unpaired) electrons. The van der Waals surface area contributed by atoms with E-state index in [1.54, 1.807) is 13.0 Å². The van der Waals surface area contributed by atoms with E-state index in [2.05, 4.69) is 0 Å². The Labute approximate surface area is 134 Å². The van der Waals surface area contributed by atoms with Gasteiger partial charge in [-0.05, 0) is 31.2 Å². The Hall–Kier alpha value is -1.91. The summed E-state index contributed by atoms with van der Waals surface area (Å²) < 4.78 is 65.1. The molecule has 0 atom stereocenters. The molecule has 1 amide bonds. The first-order valence-electron chi connectivity index (χ1n) is 6.20. The quantitative estimate of drug-likeness (QED) is 0.800. The second-order valence-electron chi connectivity index (χ2n) is 4.46. The van der Waals surface area contributed by atoms with E-state index in [1.807, 2.05) is 10.0 Å². The standard InChI is InChI=1S/C13H11F3N2O3S2/c1-7-2-5-11(22-7)23(20,21)17-6-10(19)18-9-4-3-8(14)12(15)13(9)16/h2-5,17H,6H2,1H3,(H,18,19). The van der Waals surface area contributed by atoms with Crippen LogP contribution in [0.5, 0.6) is 0 Å². The van der Waals surface area contributed by atoms with E-state index in [1.165, 1.54) is 6.07 Å². The Morgan fingerprint density at radius 3 is 2.43 bits per heavy atom. The number of anilines is 1. The molecule has 0 bridgehead atoms. The van der Waals surface area contributed by atoms with E-state index in [0.29, 0.717) is 6.07 Å². The van der Waals surface area contributed by atoms with E-state index < -0.39 is 45.6 Å². The lowest BCUT2D eigenvalue weighted by atomic mass is 10.3. The molecule has 2 N–H and O–H groups in total. The van der Waals surface area contributed by atoms with Gasteiger partial charge in [-0.1, -0.05) is 0 Å².